The van der Waals surface area contributed by atoms with E-state index in [1.807, 2.05) is 16.9 Å². The van der Waals surface area contributed by atoms with Crippen molar-refractivity contribution in [2.45, 2.75) is 31.7 Å². The first-order valence-corrected chi connectivity index (χ1v) is 11.6. The Labute approximate surface area is 205 Å². The number of amides is 1. The summed E-state index contributed by atoms with van der Waals surface area (Å²) in [5.74, 6) is -3.72. The van der Waals surface area contributed by atoms with Gasteiger partial charge in [0.15, 0.2) is 17.4 Å². The summed E-state index contributed by atoms with van der Waals surface area (Å²) >= 11 is 0. The van der Waals surface area contributed by atoms with Crippen molar-refractivity contribution < 1.29 is 23.4 Å². The van der Waals surface area contributed by atoms with Crippen LogP contribution in [0.5, 0.6) is 11.8 Å². The molecule has 1 aromatic carbocycles. The molecule has 186 valence electrons. The molecule has 2 N–H and O–H groups in total. The minimum absolute atomic E-state index is 0.158. The fourth-order valence-corrected chi connectivity index (χ4v) is 4.49. The number of aromatic hydroxyl groups is 1. The molecule has 3 heterocycles. The Morgan fingerprint density at radius 1 is 1.08 bits per heavy atom. The van der Waals surface area contributed by atoms with Crippen LogP contribution in [0.15, 0.2) is 43.0 Å². The first-order valence-electron chi connectivity index (χ1n) is 11.6. The number of phenols is 1. The molecule has 36 heavy (non-hydrogen) atoms. The Bertz CT molecular complexity index is 1380. The highest BCUT2D eigenvalue weighted by atomic mass is 19.1. The van der Waals surface area contributed by atoms with Gasteiger partial charge in [0.1, 0.15) is 0 Å². The number of ether oxygens (including phenoxy) is 1. The SMILES string of the molecule is COc1ncc(-c2cc3nn([C@H]4CC[C@H](CNC(=O)c5cc(F)c(O)c(F)c5)CC4)cc3cn2)cn1. The minimum atomic E-state index is -1.16. The van der Waals surface area contributed by atoms with Crippen LogP contribution in [0.25, 0.3) is 22.2 Å². The number of methoxy groups -OCH3 is 1. The minimum Gasteiger partial charge on any atom is -0.503 e. The third-order valence-electron chi connectivity index (χ3n) is 6.53. The molecule has 0 saturated heterocycles. The van der Waals surface area contributed by atoms with Gasteiger partial charge in [-0.1, -0.05) is 0 Å². The van der Waals surface area contributed by atoms with E-state index in [-0.39, 0.29) is 17.5 Å². The number of fused-ring (bicyclic) bond motifs is 1. The predicted octanol–water partition coefficient (Wildman–Crippen LogP) is 4.04. The summed E-state index contributed by atoms with van der Waals surface area (Å²) in [4.78, 5) is 25.0. The third kappa shape index (κ3) is 4.81. The average Bonchev–Trinajstić information content (AvgIpc) is 3.34. The molecule has 1 saturated carbocycles. The maximum absolute atomic E-state index is 13.5. The molecule has 0 aliphatic heterocycles. The smallest absolute Gasteiger partial charge is 0.316 e. The predicted molar refractivity (Wildman–Crippen MR) is 126 cm³/mol. The molecule has 5 rings (SSSR count). The van der Waals surface area contributed by atoms with Gasteiger partial charge in [-0.05, 0) is 49.8 Å². The number of halogens is 2. The molecule has 1 aliphatic carbocycles. The Balaban J connectivity index is 1.18. The van der Waals surface area contributed by atoms with Gasteiger partial charge in [0.25, 0.3) is 5.91 Å². The van der Waals surface area contributed by atoms with Crippen molar-refractivity contribution in [1.82, 2.24) is 30.0 Å². The average molecular weight is 495 g/mol. The van der Waals surface area contributed by atoms with Crippen molar-refractivity contribution in [3.63, 3.8) is 0 Å². The summed E-state index contributed by atoms with van der Waals surface area (Å²) in [6.07, 6.45) is 10.6. The lowest BCUT2D eigenvalue weighted by atomic mass is 9.86. The number of phenolic OH excluding ortho intramolecular Hbond substituents is 1. The van der Waals surface area contributed by atoms with E-state index in [9.17, 15) is 18.7 Å². The van der Waals surface area contributed by atoms with Gasteiger partial charge in [0, 0.05) is 47.8 Å². The number of benzene rings is 1. The fraction of sp³-hybridized carbons (Fsp3) is 0.320. The zero-order valence-corrected chi connectivity index (χ0v) is 19.5. The van der Waals surface area contributed by atoms with E-state index in [0.717, 1.165) is 60.0 Å². The quantitative estimate of drug-likeness (QED) is 0.416. The Morgan fingerprint density at radius 2 is 1.78 bits per heavy atom. The molecule has 1 aliphatic rings. The monoisotopic (exact) mass is 494 g/mol. The van der Waals surface area contributed by atoms with Crippen LogP contribution in [0.3, 0.4) is 0 Å². The second kappa shape index (κ2) is 9.84. The molecule has 0 unspecified atom stereocenters. The van der Waals surface area contributed by atoms with Gasteiger partial charge in [-0.2, -0.15) is 5.10 Å². The van der Waals surface area contributed by atoms with Crippen molar-refractivity contribution in [2.75, 3.05) is 13.7 Å². The molecule has 4 aromatic rings. The van der Waals surface area contributed by atoms with E-state index >= 15 is 0 Å². The number of nitrogens with zero attached hydrogens (tertiary/aromatic N) is 5. The van der Waals surface area contributed by atoms with E-state index in [4.69, 9.17) is 9.84 Å². The topological polar surface area (TPSA) is 115 Å². The van der Waals surface area contributed by atoms with Crippen LogP contribution in [0.1, 0.15) is 42.1 Å². The maximum atomic E-state index is 13.5. The number of nitrogens with one attached hydrogen (secondary N) is 1. The van der Waals surface area contributed by atoms with Gasteiger partial charge in [0.05, 0.1) is 24.4 Å². The molecule has 11 heteroatoms. The largest absolute Gasteiger partial charge is 0.503 e. The lowest BCUT2D eigenvalue weighted by Crippen LogP contribution is -2.31. The van der Waals surface area contributed by atoms with Gasteiger partial charge in [-0.25, -0.2) is 18.7 Å². The summed E-state index contributed by atoms with van der Waals surface area (Å²) < 4.78 is 34.0. The number of aromatic nitrogens is 5. The van der Waals surface area contributed by atoms with E-state index in [2.05, 4.69) is 20.3 Å². The van der Waals surface area contributed by atoms with Gasteiger partial charge in [0.2, 0.25) is 0 Å². The Hall–Kier alpha value is -4.15. The third-order valence-corrected chi connectivity index (χ3v) is 6.53. The summed E-state index contributed by atoms with van der Waals surface area (Å²) in [6.45, 7) is 0.411. The highest BCUT2D eigenvalue weighted by molar-refractivity contribution is 5.94. The molecule has 0 spiro atoms. The van der Waals surface area contributed by atoms with Crippen LogP contribution in [-0.4, -0.2) is 49.4 Å². The van der Waals surface area contributed by atoms with Crippen molar-refractivity contribution in [2.24, 2.45) is 5.92 Å². The van der Waals surface area contributed by atoms with Gasteiger partial charge in [-0.3, -0.25) is 14.5 Å². The van der Waals surface area contributed by atoms with Crippen LogP contribution < -0.4 is 10.1 Å². The molecular weight excluding hydrogens is 470 g/mol. The number of carbonyl (C=O) groups excluding carboxylic acids is 1. The molecular formula is C25H24F2N6O3. The number of carbonyl (C=O) groups is 1. The fourth-order valence-electron chi connectivity index (χ4n) is 4.49. The summed E-state index contributed by atoms with van der Waals surface area (Å²) in [5.41, 5.74) is 2.17. The van der Waals surface area contributed by atoms with Crippen LogP contribution >= 0.6 is 0 Å². The summed E-state index contributed by atoms with van der Waals surface area (Å²) in [7, 11) is 1.51. The standard InChI is InChI=1S/C25H24F2N6O3/c1-36-25-30-10-16(11-31-25)21-8-22-17(12-28-21)13-33(32-22)18-4-2-14(3-5-18)9-29-24(35)15-6-19(26)23(34)20(27)7-15/h6-8,10-14,18,34H,2-5,9H2,1H3,(H,29,35)/t14-,18-. The zero-order valence-electron chi connectivity index (χ0n) is 19.5. The second-order valence-electron chi connectivity index (χ2n) is 8.87. The van der Waals surface area contributed by atoms with Crippen LogP contribution in [0.2, 0.25) is 0 Å². The van der Waals surface area contributed by atoms with Crippen molar-refractivity contribution in [1.29, 1.82) is 0 Å². The first-order chi connectivity index (χ1) is 17.4. The molecule has 1 amide bonds. The van der Waals surface area contributed by atoms with Crippen LogP contribution in [0.4, 0.5) is 8.78 Å². The Kier molecular flexibility index (Phi) is 6.45. The Morgan fingerprint density at radius 3 is 2.44 bits per heavy atom. The van der Waals surface area contributed by atoms with E-state index in [0.29, 0.717) is 12.6 Å². The number of hydrogen-bond acceptors (Lipinski definition) is 7. The molecule has 3 aromatic heterocycles. The van der Waals surface area contributed by atoms with Crippen molar-refractivity contribution in [3.05, 3.63) is 60.2 Å². The molecule has 9 nitrogen and oxygen atoms in total. The van der Waals surface area contributed by atoms with Crippen molar-refractivity contribution in [3.8, 4) is 23.0 Å². The van der Waals surface area contributed by atoms with E-state index < -0.39 is 23.3 Å². The highest BCUT2D eigenvalue weighted by Gasteiger charge is 2.24. The molecule has 1 fully saturated rings. The maximum Gasteiger partial charge on any atom is 0.316 e. The number of rotatable bonds is 6. The van der Waals surface area contributed by atoms with Crippen molar-refractivity contribution >= 4 is 16.8 Å². The van der Waals surface area contributed by atoms with Gasteiger partial charge >= 0.3 is 6.01 Å². The highest BCUT2D eigenvalue weighted by Crippen LogP contribution is 2.33. The lowest BCUT2D eigenvalue weighted by molar-refractivity contribution is 0.0940. The molecule has 0 bridgehead atoms. The van der Waals surface area contributed by atoms with E-state index in [1.165, 1.54) is 7.11 Å². The number of hydrogen-bond donors (Lipinski definition) is 2. The second-order valence-corrected chi connectivity index (χ2v) is 8.87. The first kappa shape index (κ1) is 23.6. The van der Waals surface area contributed by atoms with Gasteiger partial charge in [-0.15, -0.1) is 0 Å². The summed E-state index contributed by atoms with van der Waals surface area (Å²) in [6, 6.07) is 4.09. The van der Waals surface area contributed by atoms with E-state index in [1.54, 1.807) is 18.6 Å². The lowest BCUT2D eigenvalue weighted by Gasteiger charge is -2.28. The summed E-state index contributed by atoms with van der Waals surface area (Å²) in [5, 5.41) is 17.6. The normalized spacial score (nSPS) is 17.8. The molecule has 0 atom stereocenters. The van der Waals surface area contributed by atoms with Crippen LogP contribution in [0, 0.1) is 17.6 Å². The van der Waals surface area contributed by atoms with Gasteiger partial charge < -0.3 is 15.2 Å². The van der Waals surface area contributed by atoms with Crippen LogP contribution in [-0.2, 0) is 0 Å². The zero-order chi connectivity index (χ0) is 25.2. The number of pyridine rings is 1. The molecule has 0 radical (unpaired) electrons.